The summed E-state index contributed by atoms with van der Waals surface area (Å²) in [6, 6.07) is 8.10. The van der Waals surface area contributed by atoms with Crippen LogP contribution in [0.15, 0.2) is 36.4 Å². The van der Waals surface area contributed by atoms with Crippen molar-refractivity contribution in [1.29, 1.82) is 0 Å². The molecule has 0 heterocycles. The summed E-state index contributed by atoms with van der Waals surface area (Å²) in [6.07, 6.45) is -4.77. The van der Waals surface area contributed by atoms with Gasteiger partial charge >= 0.3 is 12.1 Å². The van der Waals surface area contributed by atoms with Crippen molar-refractivity contribution >= 4 is 40.8 Å². The lowest BCUT2D eigenvalue weighted by Gasteiger charge is -2.11. The molecule has 2 amide bonds. The molecule has 0 unspecified atom stereocenters. The summed E-state index contributed by atoms with van der Waals surface area (Å²) in [7, 11) is 0. The first-order valence-electron chi connectivity index (χ1n) is 9.64. The number of anilines is 2. The van der Waals surface area contributed by atoms with Gasteiger partial charge in [0.25, 0.3) is 5.91 Å². The van der Waals surface area contributed by atoms with E-state index in [1.807, 2.05) is 19.9 Å². The van der Waals surface area contributed by atoms with Crippen LogP contribution in [0.2, 0.25) is 5.02 Å². The van der Waals surface area contributed by atoms with Crippen LogP contribution in [0.4, 0.5) is 24.5 Å². The molecular weight excluding hydrogens is 449 g/mol. The van der Waals surface area contributed by atoms with Crippen LogP contribution in [0.25, 0.3) is 0 Å². The fraction of sp³-hybridized carbons (Fsp3) is 0.318. The van der Waals surface area contributed by atoms with Crippen LogP contribution in [-0.2, 0) is 25.3 Å². The molecule has 0 atom stereocenters. The van der Waals surface area contributed by atoms with Gasteiger partial charge in [-0.1, -0.05) is 17.7 Å². The van der Waals surface area contributed by atoms with Crippen LogP contribution in [0, 0.1) is 13.8 Å². The Morgan fingerprint density at radius 2 is 1.59 bits per heavy atom. The van der Waals surface area contributed by atoms with Crippen molar-refractivity contribution < 1.29 is 32.3 Å². The maximum Gasteiger partial charge on any atom is 0.416 e. The van der Waals surface area contributed by atoms with Gasteiger partial charge in [0.2, 0.25) is 5.91 Å². The number of carbonyl (C=O) groups is 3. The first-order valence-corrected chi connectivity index (χ1v) is 10.0. The summed E-state index contributed by atoms with van der Waals surface area (Å²) >= 11 is 5.83. The molecule has 0 spiro atoms. The van der Waals surface area contributed by atoms with Gasteiger partial charge in [-0.05, 0) is 61.7 Å². The first-order chi connectivity index (χ1) is 14.9. The molecule has 0 fully saturated rings. The lowest BCUT2D eigenvalue weighted by Crippen LogP contribution is -2.21. The average Bonchev–Trinajstić information content (AvgIpc) is 2.66. The van der Waals surface area contributed by atoms with Crippen molar-refractivity contribution in [2.45, 2.75) is 39.3 Å². The smallest absolute Gasteiger partial charge is 0.416 e. The average molecular weight is 471 g/mol. The minimum atomic E-state index is -4.57. The zero-order valence-electron chi connectivity index (χ0n) is 17.4. The maximum absolute atomic E-state index is 12.8. The molecule has 0 saturated carbocycles. The second-order valence-corrected chi connectivity index (χ2v) is 7.59. The summed E-state index contributed by atoms with van der Waals surface area (Å²) in [5.41, 5.74) is 1.43. The third kappa shape index (κ3) is 8.22. The van der Waals surface area contributed by atoms with Gasteiger partial charge in [-0.3, -0.25) is 14.4 Å². The second-order valence-electron chi connectivity index (χ2n) is 7.18. The molecule has 2 rings (SSSR count). The van der Waals surface area contributed by atoms with Gasteiger partial charge < -0.3 is 15.4 Å². The Kier molecular flexibility index (Phi) is 8.65. The Bertz CT molecular complexity index is 989. The number of hydrogen-bond acceptors (Lipinski definition) is 4. The van der Waals surface area contributed by atoms with Crippen molar-refractivity contribution in [3.63, 3.8) is 0 Å². The number of ether oxygens (including phenoxy) is 1. The highest BCUT2D eigenvalue weighted by atomic mass is 35.5. The second kappa shape index (κ2) is 11.0. The Hall–Kier alpha value is -3.07. The highest BCUT2D eigenvalue weighted by molar-refractivity contribution is 6.33. The molecule has 2 N–H and O–H groups in total. The zero-order chi connectivity index (χ0) is 23.9. The minimum absolute atomic E-state index is 0.0411. The van der Waals surface area contributed by atoms with E-state index < -0.39 is 36.1 Å². The lowest BCUT2D eigenvalue weighted by atomic mass is 10.1. The van der Waals surface area contributed by atoms with Crippen LogP contribution in [0.5, 0.6) is 0 Å². The Labute approximate surface area is 188 Å². The SMILES string of the molecule is Cc1cc(C)cc(NC(=O)COC(=O)CCCC(=O)Nc2cc(C(F)(F)F)ccc2Cl)c1. The number of nitrogens with one attached hydrogen (secondary N) is 2. The number of alkyl halides is 3. The van der Waals surface area contributed by atoms with Gasteiger partial charge in [0, 0.05) is 18.5 Å². The fourth-order valence-corrected chi connectivity index (χ4v) is 3.03. The number of rotatable bonds is 8. The molecule has 172 valence electrons. The largest absolute Gasteiger partial charge is 0.456 e. The van der Waals surface area contributed by atoms with Crippen molar-refractivity contribution in [2.24, 2.45) is 0 Å². The Morgan fingerprint density at radius 1 is 0.938 bits per heavy atom. The molecule has 0 aliphatic heterocycles. The van der Waals surface area contributed by atoms with E-state index in [0.29, 0.717) is 5.69 Å². The van der Waals surface area contributed by atoms with E-state index in [4.69, 9.17) is 16.3 Å². The van der Waals surface area contributed by atoms with E-state index in [1.165, 1.54) is 0 Å². The molecule has 0 aromatic heterocycles. The van der Waals surface area contributed by atoms with E-state index in [1.54, 1.807) is 12.1 Å². The van der Waals surface area contributed by atoms with Crippen LogP contribution in [0.3, 0.4) is 0 Å². The van der Waals surface area contributed by atoms with Crippen LogP contribution in [-0.4, -0.2) is 24.4 Å². The first kappa shape index (κ1) is 25.2. The van der Waals surface area contributed by atoms with Gasteiger partial charge in [0.05, 0.1) is 16.3 Å². The molecule has 2 aromatic carbocycles. The predicted octanol–water partition coefficient (Wildman–Crippen LogP) is 5.27. The van der Waals surface area contributed by atoms with Crippen molar-refractivity contribution in [3.8, 4) is 0 Å². The van der Waals surface area contributed by atoms with E-state index >= 15 is 0 Å². The molecule has 2 aromatic rings. The van der Waals surface area contributed by atoms with Gasteiger partial charge in [-0.25, -0.2) is 0 Å². The molecule has 0 aliphatic carbocycles. The molecule has 0 saturated heterocycles. The quantitative estimate of drug-likeness (QED) is 0.515. The van der Waals surface area contributed by atoms with Crippen molar-refractivity contribution in [2.75, 3.05) is 17.2 Å². The number of carbonyl (C=O) groups excluding carboxylic acids is 3. The lowest BCUT2D eigenvalue weighted by molar-refractivity contribution is -0.147. The minimum Gasteiger partial charge on any atom is -0.456 e. The molecule has 6 nitrogen and oxygen atoms in total. The summed E-state index contributed by atoms with van der Waals surface area (Å²) in [4.78, 5) is 35.7. The van der Waals surface area contributed by atoms with Gasteiger partial charge in [0.15, 0.2) is 6.61 Å². The van der Waals surface area contributed by atoms with Crippen LogP contribution in [0.1, 0.15) is 36.0 Å². The monoisotopic (exact) mass is 470 g/mol. The summed E-state index contributed by atoms with van der Waals surface area (Å²) in [6.45, 7) is 3.30. The van der Waals surface area contributed by atoms with Crippen molar-refractivity contribution in [3.05, 3.63) is 58.1 Å². The molecule has 32 heavy (non-hydrogen) atoms. The predicted molar refractivity (Wildman–Crippen MR) is 114 cm³/mol. The topological polar surface area (TPSA) is 84.5 Å². The maximum atomic E-state index is 12.8. The highest BCUT2D eigenvalue weighted by Crippen LogP contribution is 2.33. The third-order valence-electron chi connectivity index (χ3n) is 4.22. The number of halogens is 4. The van der Waals surface area contributed by atoms with E-state index in [9.17, 15) is 27.6 Å². The molecule has 0 radical (unpaired) electrons. The van der Waals surface area contributed by atoms with Crippen LogP contribution >= 0.6 is 11.6 Å². The fourth-order valence-electron chi connectivity index (χ4n) is 2.87. The zero-order valence-corrected chi connectivity index (χ0v) is 18.2. The highest BCUT2D eigenvalue weighted by Gasteiger charge is 2.31. The molecule has 10 heteroatoms. The van der Waals surface area contributed by atoms with Gasteiger partial charge in [-0.2, -0.15) is 13.2 Å². The molecule has 0 bridgehead atoms. The Morgan fingerprint density at radius 3 is 2.22 bits per heavy atom. The number of benzene rings is 2. The number of aryl methyl sites for hydroxylation is 2. The van der Waals surface area contributed by atoms with Gasteiger partial charge in [0.1, 0.15) is 0 Å². The Balaban J connectivity index is 1.73. The normalized spacial score (nSPS) is 11.1. The standard InChI is InChI=1S/C22H22ClF3N2O4/c1-13-8-14(2)10-16(9-13)27-20(30)12-32-21(31)5-3-4-19(29)28-18-11-15(22(24,25)26)6-7-17(18)23/h6-11H,3-5,12H2,1-2H3,(H,27,30)(H,28,29). The van der Waals surface area contributed by atoms with Gasteiger partial charge in [-0.15, -0.1) is 0 Å². The van der Waals surface area contributed by atoms with E-state index in [-0.39, 0.29) is 30.0 Å². The molecule has 0 aliphatic rings. The van der Waals surface area contributed by atoms with E-state index in [0.717, 1.165) is 29.3 Å². The summed E-state index contributed by atoms with van der Waals surface area (Å²) < 4.78 is 43.2. The number of amides is 2. The number of hydrogen-bond donors (Lipinski definition) is 2. The third-order valence-corrected chi connectivity index (χ3v) is 4.55. The van der Waals surface area contributed by atoms with E-state index in [2.05, 4.69) is 10.6 Å². The van der Waals surface area contributed by atoms with Crippen LogP contribution < -0.4 is 10.6 Å². The van der Waals surface area contributed by atoms with Crippen molar-refractivity contribution in [1.82, 2.24) is 0 Å². The summed E-state index contributed by atoms with van der Waals surface area (Å²) in [5.74, 6) is -1.78. The summed E-state index contributed by atoms with van der Waals surface area (Å²) in [5, 5.41) is 4.88. The molecular formula is C22H22ClF3N2O4. The number of esters is 1.